The van der Waals surface area contributed by atoms with Crippen molar-refractivity contribution in [1.82, 2.24) is 19.7 Å². The van der Waals surface area contributed by atoms with Gasteiger partial charge in [-0.25, -0.2) is 18.7 Å². The van der Waals surface area contributed by atoms with Gasteiger partial charge in [0.2, 0.25) is 5.95 Å². The summed E-state index contributed by atoms with van der Waals surface area (Å²) in [5.41, 5.74) is 3.95. The van der Waals surface area contributed by atoms with Gasteiger partial charge >= 0.3 is 0 Å². The van der Waals surface area contributed by atoms with Crippen molar-refractivity contribution in [2.45, 2.75) is 40.3 Å². The van der Waals surface area contributed by atoms with Gasteiger partial charge in [0.1, 0.15) is 5.69 Å². The predicted octanol–water partition coefficient (Wildman–Crippen LogP) is 4.53. The number of benzene rings is 1. The Morgan fingerprint density at radius 1 is 1.12 bits per heavy atom. The van der Waals surface area contributed by atoms with Crippen molar-refractivity contribution in [1.29, 1.82) is 0 Å². The summed E-state index contributed by atoms with van der Waals surface area (Å²) in [5.74, 6) is 0.182. The van der Waals surface area contributed by atoms with Gasteiger partial charge in [-0.2, -0.15) is 5.10 Å². The van der Waals surface area contributed by atoms with E-state index in [0.29, 0.717) is 18.8 Å². The summed E-state index contributed by atoms with van der Waals surface area (Å²) in [6, 6.07) is 9.29. The molecule has 0 saturated carbocycles. The second-order valence-electron chi connectivity index (χ2n) is 6.10. The van der Waals surface area contributed by atoms with Gasteiger partial charge in [-0.3, -0.25) is 4.68 Å². The first-order valence-corrected chi connectivity index (χ1v) is 8.47. The van der Waals surface area contributed by atoms with E-state index in [1.54, 1.807) is 10.9 Å². The molecule has 0 bridgehead atoms. The summed E-state index contributed by atoms with van der Waals surface area (Å²) in [6.45, 7) is 7.05. The highest BCUT2D eigenvalue weighted by Crippen LogP contribution is 2.26. The monoisotopic (exact) mass is 357 g/mol. The highest BCUT2D eigenvalue weighted by Gasteiger charge is 2.17. The fraction of sp³-hybridized carbons (Fsp3) is 0.316. The average molecular weight is 357 g/mol. The van der Waals surface area contributed by atoms with Crippen LogP contribution in [0.4, 0.5) is 14.7 Å². The topological polar surface area (TPSA) is 55.6 Å². The molecule has 7 heteroatoms. The number of aryl methyl sites for hydroxylation is 2. The molecule has 0 aliphatic carbocycles. The molecule has 0 saturated heterocycles. The van der Waals surface area contributed by atoms with Crippen molar-refractivity contribution in [2.75, 3.05) is 5.32 Å². The number of alkyl halides is 2. The van der Waals surface area contributed by atoms with Crippen LogP contribution < -0.4 is 5.32 Å². The predicted molar refractivity (Wildman–Crippen MR) is 97.1 cm³/mol. The maximum absolute atomic E-state index is 13.3. The van der Waals surface area contributed by atoms with Crippen molar-refractivity contribution < 1.29 is 8.78 Å². The number of aromatic nitrogens is 4. The van der Waals surface area contributed by atoms with E-state index >= 15 is 0 Å². The van der Waals surface area contributed by atoms with E-state index in [9.17, 15) is 8.78 Å². The minimum Gasteiger partial charge on any atom is -0.350 e. The first-order chi connectivity index (χ1) is 12.5. The first kappa shape index (κ1) is 18.0. The van der Waals surface area contributed by atoms with Crippen molar-refractivity contribution in [3.05, 3.63) is 59.0 Å². The molecule has 3 aromatic rings. The zero-order valence-corrected chi connectivity index (χ0v) is 15.0. The Bertz CT molecular complexity index is 887. The van der Waals surface area contributed by atoms with E-state index in [4.69, 9.17) is 0 Å². The molecule has 3 rings (SSSR count). The van der Waals surface area contributed by atoms with Gasteiger partial charge in [-0.05, 0) is 32.4 Å². The Morgan fingerprint density at radius 2 is 1.85 bits per heavy atom. The van der Waals surface area contributed by atoms with E-state index in [1.165, 1.54) is 6.07 Å². The Morgan fingerprint density at radius 3 is 2.46 bits per heavy atom. The number of anilines is 1. The molecule has 0 unspecified atom stereocenters. The zero-order chi connectivity index (χ0) is 18.7. The molecule has 2 heterocycles. The lowest BCUT2D eigenvalue weighted by atomic mass is 10.1. The molecular formula is C19H21F2N5. The van der Waals surface area contributed by atoms with E-state index in [1.807, 2.05) is 45.0 Å². The van der Waals surface area contributed by atoms with Crippen molar-refractivity contribution in [2.24, 2.45) is 0 Å². The fourth-order valence-electron chi connectivity index (χ4n) is 2.70. The molecule has 0 amide bonds. The second kappa shape index (κ2) is 7.59. The summed E-state index contributed by atoms with van der Waals surface area (Å²) < 4.78 is 28.4. The normalized spacial score (nSPS) is 11.2. The molecule has 2 aromatic heterocycles. The second-order valence-corrected chi connectivity index (χ2v) is 6.10. The third-order valence-corrected chi connectivity index (χ3v) is 4.22. The van der Waals surface area contributed by atoms with Crippen molar-refractivity contribution >= 4 is 5.95 Å². The molecule has 0 spiro atoms. The van der Waals surface area contributed by atoms with Crippen LogP contribution in [0.15, 0.2) is 36.5 Å². The minimum atomic E-state index is -2.67. The standard InChI is InChI=1S/C19H21F2N5/c1-4-26-13(3)15(11-23-26)16-9-17(18(20)21)25-19(24-16)22-10-14-7-5-12(2)6-8-14/h5-9,11,18H,4,10H2,1-3H3,(H,22,24,25). The number of halogens is 2. The summed E-state index contributed by atoms with van der Waals surface area (Å²) in [4.78, 5) is 8.37. The molecule has 26 heavy (non-hydrogen) atoms. The SMILES string of the molecule is CCn1ncc(-c2cc(C(F)F)nc(NCc3ccc(C)cc3)n2)c1C. The van der Waals surface area contributed by atoms with Crippen molar-refractivity contribution in [3.63, 3.8) is 0 Å². The molecule has 0 atom stereocenters. The zero-order valence-electron chi connectivity index (χ0n) is 15.0. The molecule has 136 valence electrons. The number of hydrogen-bond donors (Lipinski definition) is 1. The van der Waals surface area contributed by atoms with Crippen LogP contribution in [0.1, 0.15) is 35.9 Å². The van der Waals surface area contributed by atoms with Crippen LogP contribution in [-0.2, 0) is 13.1 Å². The number of hydrogen-bond acceptors (Lipinski definition) is 4. The van der Waals surface area contributed by atoms with Gasteiger partial charge in [0.15, 0.2) is 0 Å². The third kappa shape index (κ3) is 3.87. The minimum absolute atomic E-state index is 0.182. The summed E-state index contributed by atoms with van der Waals surface area (Å²) in [5, 5.41) is 7.31. The molecule has 5 nitrogen and oxygen atoms in total. The van der Waals surface area contributed by atoms with Gasteiger partial charge in [0.25, 0.3) is 6.43 Å². The molecule has 1 N–H and O–H groups in total. The lowest BCUT2D eigenvalue weighted by Crippen LogP contribution is -2.07. The van der Waals surface area contributed by atoms with Crippen LogP contribution in [0.3, 0.4) is 0 Å². The Labute approximate surface area is 151 Å². The van der Waals surface area contributed by atoms with Crippen LogP contribution in [0, 0.1) is 13.8 Å². The summed E-state index contributed by atoms with van der Waals surface area (Å²) in [6.07, 6.45) is -1.02. The quantitative estimate of drug-likeness (QED) is 0.704. The molecule has 0 radical (unpaired) electrons. The maximum Gasteiger partial charge on any atom is 0.280 e. The summed E-state index contributed by atoms with van der Waals surface area (Å²) >= 11 is 0. The van der Waals surface area contributed by atoms with E-state index in [-0.39, 0.29) is 11.6 Å². The first-order valence-electron chi connectivity index (χ1n) is 8.47. The van der Waals surface area contributed by atoms with Gasteiger partial charge in [0, 0.05) is 24.3 Å². The fourth-order valence-corrected chi connectivity index (χ4v) is 2.70. The van der Waals surface area contributed by atoms with Gasteiger partial charge in [-0.1, -0.05) is 29.8 Å². The van der Waals surface area contributed by atoms with Crippen LogP contribution in [-0.4, -0.2) is 19.7 Å². The highest BCUT2D eigenvalue weighted by molar-refractivity contribution is 5.62. The van der Waals surface area contributed by atoms with Crippen LogP contribution in [0.2, 0.25) is 0 Å². The van der Waals surface area contributed by atoms with Crippen molar-refractivity contribution in [3.8, 4) is 11.3 Å². The smallest absolute Gasteiger partial charge is 0.280 e. The number of nitrogens with zero attached hydrogens (tertiary/aromatic N) is 4. The molecule has 0 aliphatic rings. The van der Waals surface area contributed by atoms with E-state index in [2.05, 4.69) is 20.4 Å². The lowest BCUT2D eigenvalue weighted by Gasteiger charge is -2.10. The number of nitrogens with one attached hydrogen (secondary N) is 1. The largest absolute Gasteiger partial charge is 0.350 e. The van der Waals surface area contributed by atoms with Crippen LogP contribution in [0.5, 0.6) is 0 Å². The van der Waals surface area contributed by atoms with Gasteiger partial charge < -0.3 is 5.32 Å². The van der Waals surface area contributed by atoms with Crippen LogP contribution in [0.25, 0.3) is 11.3 Å². The van der Waals surface area contributed by atoms with Crippen LogP contribution >= 0.6 is 0 Å². The van der Waals surface area contributed by atoms with E-state index < -0.39 is 6.43 Å². The van der Waals surface area contributed by atoms with Gasteiger partial charge in [-0.15, -0.1) is 0 Å². The molecular weight excluding hydrogens is 336 g/mol. The Kier molecular flexibility index (Phi) is 5.25. The lowest BCUT2D eigenvalue weighted by molar-refractivity contribution is 0.146. The Balaban J connectivity index is 1.90. The summed E-state index contributed by atoms with van der Waals surface area (Å²) in [7, 11) is 0. The number of rotatable bonds is 6. The van der Waals surface area contributed by atoms with Gasteiger partial charge in [0.05, 0.1) is 11.9 Å². The molecule has 1 aromatic carbocycles. The van der Waals surface area contributed by atoms with E-state index in [0.717, 1.165) is 22.4 Å². The highest BCUT2D eigenvalue weighted by atomic mass is 19.3. The Hall–Kier alpha value is -2.83. The molecule has 0 fully saturated rings. The molecule has 0 aliphatic heterocycles. The maximum atomic E-state index is 13.3. The average Bonchev–Trinajstić information content (AvgIpc) is 3.01. The third-order valence-electron chi connectivity index (χ3n) is 4.22.